The summed E-state index contributed by atoms with van der Waals surface area (Å²) in [7, 11) is 0. The summed E-state index contributed by atoms with van der Waals surface area (Å²) in [6.45, 7) is 12.5. The molecule has 1 aliphatic heterocycles. The monoisotopic (exact) mass is 751 g/mol. The zero-order chi connectivity index (χ0) is 37.8. The number of aliphatic hydroxyl groups is 1. The number of nitrogens with zero attached hydrogens (tertiary/aromatic N) is 2. The van der Waals surface area contributed by atoms with Crippen molar-refractivity contribution in [3.8, 4) is 10.4 Å². The fourth-order valence-electron chi connectivity index (χ4n) is 5.33. The average molecular weight is 752 g/mol. The van der Waals surface area contributed by atoms with E-state index in [-0.39, 0.29) is 45.2 Å². The summed E-state index contributed by atoms with van der Waals surface area (Å²) in [5.74, 6) is -1.27. The number of aromatic nitrogens is 1. The summed E-state index contributed by atoms with van der Waals surface area (Å²) in [6.07, 6.45) is -0.751. The standard InChI is InChI=1S/C36H57N5O10S/c1-26-32(52-25-39-26)28-7-5-27(6-8-28)22-38-34(44)30-21-29(42)23-41(30)35(45)33(36(2,3)4)40-31(43)24-51-20-19-50-18-17-49-16-15-48-14-13-47-12-11-46-10-9-37/h5-8,25,29-30,33,42H,9-24,37H2,1-4H3,(H,38,44)(H,40,43)/t29-,30+,33?/m1/s1. The van der Waals surface area contributed by atoms with Crippen LogP contribution in [0.2, 0.25) is 0 Å². The number of carbonyl (C=O) groups excluding carboxylic acids is 3. The molecule has 1 aromatic carbocycles. The minimum atomic E-state index is -0.946. The zero-order valence-electron chi connectivity index (χ0n) is 30.9. The second-order valence-electron chi connectivity index (χ2n) is 13.3. The lowest BCUT2D eigenvalue weighted by atomic mass is 9.85. The van der Waals surface area contributed by atoms with Crippen LogP contribution in [-0.2, 0) is 49.3 Å². The molecule has 2 aromatic rings. The number of rotatable bonds is 25. The van der Waals surface area contributed by atoms with Gasteiger partial charge in [0.2, 0.25) is 17.7 Å². The van der Waals surface area contributed by atoms with E-state index in [1.807, 2.05) is 57.5 Å². The molecule has 0 bridgehead atoms. The number of amides is 3. The largest absolute Gasteiger partial charge is 0.391 e. The maximum Gasteiger partial charge on any atom is 0.246 e. The number of nitrogens with one attached hydrogen (secondary N) is 2. The van der Waals surface area contributed by atoms with Gasteiger partial charge < -0.3 is 54.8 Å². The molecule has 1 aliphatic rings. The lowest BCUT2D eigenvalue weighted by Gasteiger charge is -2.35. The van der Waals surface area contributed by atoms with E-state index in [2.05, 4.69) is 15.6 Å². The molecule has 5 N–H and O–H groups in total. The van der Waals surface area contributed by atoms with Gasteiger partial charge >= 0.3 is 0 Å². The number of ether oxygens (including phenoxy) is 6. The van der Waals surface area contributed by atoms with E-state index in [0.29, 0.717) is 66.0 Å². The molecule has 3 atom stereocenters. The molecule has 15 nitrogen and oxygen atoms in total. The predicted molar refractivity (Wildman–Crippen MR) is 196 cm³/mol. The van der Waals surface area contributed by atoms with Crippen LogP contribution in [0.1, 0.15) is 38.4 Å². The van der Waals surface area contributed by atoms with Crippen molar-refractivity contribution in [1.29, 1.82) is 0 Å². The molecule has 1 saturated heterocycles. The second kappa shape index (κ2) is 23.6. The third-order valence-electron chi connectivity index (χ3n) is 8.07. The number of aryl methyl sites for hydroxylation is 1. The number of benzene rings is 1. The average Bonchev–Trinajstić information content (AvgIpc) is 3.73. The van der Waals surface area contributed by atoms with Crippen LogP contribution in [0.25, 0.3) is 10.4 Å². The highest BCUT2D eigenvalue weighted by atomic mass is 32.1. The SMILES string of the molecule is Cc1ncsc1-c1ccc(CNC(=O)[C@@H]2C[C@@H](O)CN2C(=O)C(NC(=O)COCCOCCOCCOCCOCCOCCN)C(C)(C)C)cc1. The highest BCUT2D eigenvalue weighted by Crippen LogP contribution is 2.28. The summed E-state index contributed by atoms with van der Waals surface area (Å²) in [5, 5.41) is 16.2. The first kappa shape index (κ1) is 43.3. The Morgan fingerprint density at radius 1 is 0.904 bits per heavy atom. The van der Waals surface area contributed by atoms with Gasteiger partial charge in [0.15, 0.2) is 0 Å². The third-order valence-corrected chi connectivity index (χ3v) is 9.04. The maximum atomic E-state index is 13.8. The number of hydrogen-bond donors (Lipinski definition) is 4. The van der Waals surface area contributed by atoms with E-state index in [4.69, 9.17) is 34.2 Å². The van der Waals surface area contributed by atoms with Crippen molar-refractivity contribution in [2.24, 2.45) is 11.1 Å². The molecule has 3 amide bonds. The highest BCUT2D eigenvalue weighted by Gasteiger charge is 2.44. The maximum absolute atomic E-state index is 13.8. The van der Waals surface area contributed by atoms with Gasteiger partial charge in [-0.05, 0) is 23.5 Å². The molecule has 292 valence electrons. The fraction of sp³-hybridized carbons (Fsp3) is 0.667. The van der Waals surface area contributed by atoms with Crippen molar-refractivity contribution < 1.29 is 47.9 Å². The number of nitrogens with two attached hydrogens (primary N) is 1. The Balaban J connectivity index is 1.32. The Hall–Kier alpha value is -3.06. The number of likely N-dealkylation sites (tertiary alicyclic amines) is 1. The van der Waals surface area contributed by atoms with Gasteiger partial charge in [-0.1, -0.05) is 45.0 Å². The third kappa shape index (κ3) is 15.5. The van der Waals surface area contributed by atoms with Crippen molar-refractivity contribution in [2.75, 3.05) is 92.4 Å². The van der Waals surface area contributed by atoms with Crippen molar-refractivity contribution in [1.82, 2.24) is 20.5 Å². The summed E-state index contributed by atoms with van der Waals surface area (Å²) in [5.41, 5.74) is 9.39. The smallest absolute Gasteiger partial charge is 0.246 e. The Morgan fingerprint density at radius 2 is 1.44 bits per heavy atom. The minimum absolute atomic E-state index is 0.00569. The van der Waals surface area contributed by atoms with E-state index in [1.165, 1.54) is 4.90 Å². The molecule has 0 saturated carbocycles. The summed E-state index contributed by atoms with van der Waals surface area (Å²) >= 11 is 1.57. The van der Waals surface area contributed by atoms with Crippen molar-refractivity contribution >= 4 is 29.1 Å². The second-order valence-corrected chi connectivity index (χ2v) is 14.2. The number of hydrogen-bond acceptors (Lipinski definition) is 13. The van der Waals surface area contributed by atoms with E-state index in [9.17, 15) is 19.5 Å². The number of β-amino-alcohol motifs (C(OH)–C–C–N with tert-alkyl or cyclic N) is 1. The Kier molecular flexibility index (Phi) is 19.6. The van der Waals surface area contributed by atoms with Gasteiger partial charge in [-0.15, -0.1) is 11.3 Å². The topological polar surface area (TPSA) is 193 Å². The number of carbonyl (C=O) groups is 3. The molecule has 52 heavy (non-hydrogen) atoms. The molecular formula is C36H57N5O10S. The van der Waals surface area contributed by atoms with Gasteiger partial charge in [0, 0.05) is 26.1 Å². The molecule has 0 spiro atoms. The van der Waals surface area contributed by atoms with Crippen LogP contribution in [0, 0.1) is 12.3 Å². The zero-order valence-corrected chi connectivity index (χ0v) is 31.8. The quantitative estimate of drug-likeness (QED) is 0.107. The predicted octanol–water partition coefficient (Wildman–Crippen LogP) is 1.29. The van der Waals surface area contributed by atoms with Gasteiger partial charge in [-0.25, -0.2) is 4.98 Å². The normalized spacial score (nSPS) is 16.6. The van der Waals surface area contributed by atoms with Gasteiger partial charge in [-0.3, -0.25) is 14.4 Å². The Morgan fingerprint density at radius 3 is 1.94 bits per heavy atom. The van der Waals surface area contributed by atoms with Crippen LogP contribution >= 0.6 is 11.3 Å². The van der Waals surface area contributed by atoms with Crippen LogP contribution < -0.4 is 16.4 Å². The van der Waals surface area contributed by atoms with Gasteiger partial charge in [0.1, 0.15) is 18.7 Å². The number of aliphatic hydroxyl groups excluding tert-OH is 1. The summed E-state index contributed by atoms with van der Waals surface area (Å²) < 4.78 is 32.4. The van der Waals surface area contributed by atoms with E-state index < -0.39 is 35.4 Å². The molecule has 1 aromatic heterocycles. The van der Waals surface area contributed by atoms with Gasteiger partial charge in [0.25, 0.3) is 0 Å². The molecule has 2 heterocycles. The minimum Gasteiger partial charge on any atom is -0.391 e. The molecule has 1 fully saturated rings. The van der Waals surface area contributed by atoms with Crippen LogP contribution in [0.5, 0.6) is 0 Å². The lowest BCUT2D eigenvalue weighted by Crippen LogP contribution is -2.58. The molecular weight excluding hydrogens is 694 g/mol. The van der Waals surface area contributed by atoms with E-state index in [0.717, 1.165) is 21.7 Å². The molecule has 1 unspecified atom stereocenters. The van der Waals surface area contributed by atoms with Crippen LogP contribution in [0.3, 0.4) is 0 Å². The van der Waals surface area contributed by atoms with Gasteiger partial charge in [0.05, 0.1) is 94.9 Å². The van der Waals surface area contributed by atoms with Crippen LogP contribution in [0.15, 0.2) is 29.8 Å². The van der Waals surface area contributed by atoms with Crippen molar-refractivity contribution in [2.45, 2.75) is 58.8 Å². The first-order valence-corrected chi connectivity index (χ1v) is 18.6. The number of thiazole rings is 1. The summed E-state index contributed by atoms with van der Waals surface area (Å²) in [6, 6.07) is 6.05. The van der Waals surface area contributed by atoms with Crippen molar-refractivity contribution in [3.05, 3.63) is 41.0 Å². The van der Waals surface area contributed by atoms with Crippen molar-refractivity contribution in [3.63, 3.8) is 0 Å². The van der Waals surface area contributed by atoms with Gasteiger partial charge in [-0.2, -0.15) is 0 Å². The highest BCUT2D eigenvalue weighted by molar-refractivity contribution is 7.13. The molecule has 3 rings (SSSR count). The first-order chi connectivity index (χ1) is 25.0. The first-order valence-electron chi connectivity index (χ1n) is 17.7. The molecule has 0 radical (unpaired) electrons. The van der Waals surface area contributed by atoms with E-state index in [1.54, 1.807) is 11.3 Å². The Labute approximate surface area is 310 Å². The van der Waals surface area contributed by atoms with E-state index >= 15 is 0 Å². The fourth-order valence-corrected chi connectivity index (χ4v) is 6.14. The lowest BCUT2D eigenvalue weighted by molar-refractivity contribution is -0.144. The van der Waals surface area contributed by atoms with Crippen LogP contribution in [0.4, 0.5) is 0 Å². The Bertz CT molecular complexity index is 1340. The molecule has 0 aliphatic carbocycles. The summed E-state index contributed by atoms with van der Waals surface area (Å²) in [4.78, 5) is 46.7. The van der Waals surface area contributed by atoms with Crippen LogP contribution in [-0.4, -0.2) is 143 Å². The molecule has 16 heteroatoms.